The minimum Gasteiger partial charge on any atom is -0.311 e. The van der Waals surface area contributed by atoms with Gasteiger partial charge < -0.3 is 10.2 Å². The van der Waals surface area contributed by atoms with Gasteiger partial charge in [-0.15, -0.1) is 11.3 Å². The number of rotatable bonds is 5. The Morgan fingerprint density at radius 1 is 1.19 bits per heavy atom. The summed E-state index contributed by atoms with van der Waals surface area (Å²) in [5.41, 5.74) is 0. The molecule has 3 nitrogen and oxygen atoms in total. The first-order valence-corrected chi connectivity index (χ1v) is 8.71. The Bertz CT molecular complexity index is 590. The molecule has 1 aliphatic rings. The molecule has 0 bridgehead atoms. The number of hydrogen-bond acceptors (Lipinski definition) is 4. The van der Waals surface area contributed by atoms with E-state index >= 15 is 0 Å². The van der Waals surface area contributed by atoms with Crippen molar-refractivity contribution in [1.29, 1.82) is 0 Å². The zero-order valence-electron chi connectivity index (χ0n) is 12.4. The largest absolute Gasteiger partial charge is 0.311 e. The standard InChI is InChI=1S/C16H22ClN3S/c1-19-8-10-20(11-9-19)7-6-18-12-15-16(17)13-4-2-3-5-14(13)21-15/h2-5,18H,6-12H2,1H3. The van der Waals surface area contributed by atoms with Crippen LogP contribution in [0.1, 0.15) is 4.88 Å². The molecule has 0 atom stereocenters. The molecule has 1 N–H and O–H groups in total. The van der Waals surface area contributed by atoms with Gasteiger partial charge in [0.15, 0.2) is 0 Å². The van der Waals surface area contributed by atoms with E-state index in [1.54, 1.807) is 11.3 Å². The summed E-state index contributed by atoms with van der Waals surface area (Å²) < 4.78 is 1.28. The third-order valence-corrected chi connectivity index (χ3v) is 5.80. The van der Waals surface area contributed by atoms with Crippen molar-refractivity contribution in [2.75, 3.05) is 46.3 Å². The number of piperazine rings is 1. The summed E-state index contributed by atoms with van der Waals surface area (Å²) in [5.74, 6) is 0. The smallest absolute Gasteiger partial charge is 0.0636 e. The lowest BCUT2D eigenvalue weighted by atomic mass is 10.2. The first kappa shape index (κ1) is 15.3. The van der Waals surface area contributed by atoms with Crippen LogP contribution in [0.3, 0.4) is 0 Å². The van der Waals surface area contributed by atoms with Crippen LogP contribution in [0.2, 0.25) is 5.02 Å². The lowest BCUT2D eigenvalue weighted by Crippen LogP contribution is -2.46. The highest BCUT2D eigenvalue weighted by molar-refractivity contribution is 7.19. The van der Waals surface area contributed by atoms with E-state index in [-0.39, 0.29) is 0 Å². The van der Waals surface area contributed by atoms with Gasteiger partial charge in [0, 0.05) is 60.8 Å². The molecule has 1 saturated heterocycles. The maximum atomic E-state index is 6.46. The number of halogens is 1. The van der Waals surface area contributed by atoms with Crippen LogP contribution in [0.5, 0.6) is 0 Å². The first-order valence-electron chi connectivity index (χ1n) is 7.51. The number of fused-ring (bicyclic) bond motifs is 1. The Hall–Kier alpha value is -0.650. The van der Waals surface area contributed by atoms with Crippen molar-refractivity contribution in [1.82, 2.24) is 15.1 Å². The second-order valence-corrected chi connectivity index (χ2v) is 7.17. The van der Waals surface area contributed by atoms with Gasteiger partial charge in [-0.05, 0) is 13.1 Å². The van der Waals surface area contributed by atoms with Crippen LogP contribution in [0.4, 0.5) is 0 Å². The molecule has 3 rings (SSSR count). The molecule has 0 aliphatic carbocycles. The second kappa shape index (κ2) is 7.07. The molecule has 1 aromatic carbocycles. The van der Waals surface area contributed by atoms with Gasteiger partial charge in [-0.1, -0.05) is 29.8 Å². The molecule has 21 heavy (non-hydrogen) atoms. The minimum atomic E-state index is 0.867. The quantitative estimate of drug-likeness (QED) is 0.854. The Balaban J connectivity index is 1.47. The van der Waals surface area contributed by atoms with Crippen LogP contribution in [-0.4, -0.2) is 56.1 Å². The Labute approximate surface area is 135 Å². The van der Waals surface area contributed by atoms with Gasteiger partial charge in [0.05, 0.1) is 5.02 Å². The van der Waals surface area contributed by atoms with E-state index in [1.807, 2.05) is 6.07 Å². The van der Waals surface area contributed by atoms with Crippen molar-refractivity contribution in [3.8, 4) is 0 Å². The summed E-state index contributed by atoms with van der Waals surface area (Å²) in [7, 11) is 2.19. The van der Waals surface area contributed by atoms with Crippen LogP contribution in [0.25, 0.3) is 10.1 Å². The van der Waals surface area contributed by atoms with E-state index in [1.165, 1.54) is 41.1 Å². The number of likely N-dealkylation sites (N-methyl/N-ethyl adjacent to an activating group) is 1. The molecule has 2 aromatic rings. The zero-order valence-corrected chi connectivity index (χ0v) is 14.0. The highest BCUT2D eigenvalue weighted by atomic mass is 35.5. The SMILES string of the molecule is CN1CCN(CCNCc2sc3ccccc3c2Cl)CC1. The number of nitrogens with zero attached hydrogens (tertiary/aromatic N) is 2. The van der Waals surface area contributed by atoms with Gasteiger partial charge in [0.1, 0.15) is 0 Å². The average molecular weight is 324 g/mol. The van der Waals surface area contributed by atoms with E-state index in [2.05, 4.69) is 40.4 Å². The van der Waals surface area contributed by atoms with Crippen LogP contribution >= 0.6 is 22.9 Å². The number of nitrogens with one attached hydrogen (secondary N) is 1. The van der Waals surface area contributed by atoms with Crippen LogP contribution in [0, 0.1) is 0 Å². The fraction of sp³-hybridized carbons (Fsp3) is 0.500. The number of thiophene rings is 1. The van der Waals surface area contributed by atoms with E-state index in [0.717, 1.165) is 24.7 Å². The van der Waals surface area contributed by atoms with Gasteiger partial charge in [-0.3, -0.25) is 4.90 Å². The van der Waals surface area contributed by atoms with Crippen molar-refractivity contribution in [3.05, 3.63) is 34.2 Å². The highest BCUT2D eigenvalue weighted by Crippen LogP contribution is 2.34. The fourth-order valence-corrected chi connectivity index (χ4v) is 4.16. The normalized spacial score (nSPS) is 17.6. The molecule has 0 amide bonds. The Morgan fingerprint density at radius 2 is 1.95 bits per heavy atom. The first-order chi connectivity index (χ1) is 10.2. The lowest BCUT2D eigenvalue weighted by molar-refractivity contribution is 0.154. The van der Waals surface area contributed by atoms with Gasteiger partial charge in [-0.25, -0.2) is 0 Å². The average Bonchev–Trinajstić information content (AvgIpc) is 2.82. The predicted octanol–water partition coefficient (Wildman–Crippen LogP) is 2.89. The van der Waals surface area contributed by atoms with Gasteiger partial charge >= 0.3 is 0 Å². The zero-order chi connectivity index (χ0) is 14.7. The molecule has 2 heterocycles. The third kappa shape index (κ3) is 3.76. The second-order valence-electron chi connectivity index (χ2n) is 5.66. The van der Waals surface area contributed by atoms with E-state index in [4.69, 9.17) is 11.6 Å². The predicted molar refractivity (Wildman–Crippen MR) is 92.5 cm³/mol. The third-order valence-electron chi connectivity index (χ3n) is 4.09. The molecule has 5 heteroatoms. The molecule has 114 valence electrons. The summed E-state index contributed by atoms with van der Waals surface area (Å²) >= 11 is 8.25. The van der Waals surface area contributed by atoms with Crippen molar-refractivity contribution < 1.29 is 0 Å². The fourth-order valence-electron chi connectivity index (χ4n) is 2.69. The van der Waals surface area contributed by atoms with E-state index < -0.39 is 0 Å². The molecule has 0 unspecified atom stereocenters. The van der Waals surface area contributed by atoms with Crippen LogP contribution in [0.15, 0.2) is 24.3 Å². The minimum absolute atomic E-state index is 0.867. The summed E-state index contributed by atoms with van der Waals surface area (Å²) in [6.07, 6.45) is 0. The topological polar surface area (TPSA) is 18.5 Å². The van der Waals surface area contributed by atoms with Crippen LogP contribution < -0.4 is 5.32 Å². The Kier molecular flexibility index (Phi) is 5.14. The maximum absolute atomic E-state index is 6.46. The van der Waals surface area contributed by atoms with E-state index in [0.29, 0.717) is 0 Å². The molecule has 0 saturated carbocycles. The summed E-state index contributed by atoms with van der Waals surface area (Å²) in [6.45, 7) is 7.74. The molecule has 0 radical (unpaired) electrons. The van der Waals surface area contributed by atoms with Gasteiger partial charge in [0.2, 0.25) is 0 Å². The molecule has 0 spiro atoms. The highest BCUT2D eigenvalue weighted by Gasteiger charge is 2.13. The van der Waals surface area contributed by atoms with Crippen molar-refractivity contribution in [2.24, 2.45) is 0 Å². The molecule has 1 aromatic heterocycles. The van der Waals surface area contributed by atoms with E-state index in [9.17, 15) is 0 Å². The Morgan fingerprint density at radius 3 is 2.71 bits per heavy atom. The van der Waals surface area contributed by atoms with Crippen LogP contribution in [-0.2, 0) is 6.54 Å². The molecule has 1 fully saturated rings. The van der Waals surface area contributed by atoms with Crippen molar-refractivity contribution in [3.63, 3.8) is 0 Å². The van der Waals surface area contributed by atoms with Crippen molar-refractivity contribution in [2.45, 2.75) is 6.54 Å². The molecule has 1 aliphatic heterocycles. The summed E-state index contributed by atoms with van der Waals surface area (Å²) in [5, 5.41) is 5.63. The van der Waals surface area contributed by atoms with Gasteiger partial charge in [0.25, 0.3) is 0 Å². The van der Waals surface area contributed by atoms with Gasteiger partial charge in [-0.2, -0.15) is 0 Å². The lowest BCUT2D eigenvalue weighted by Gasteiger charge is -2.32. The molecular formula is C16H22ClN3S. The van der Waals surface area contributed by atoms with Crippen molar-refractivity contribution >= 4 is 33.0 Å². The summed E-state index contributed by atoms with van der Waals surface area (Å²) in [4.78, 5) is 6.16. The number of hydrogen-bond donors (Lipinski definition) is 1. The monoisotopic (exact) mass is 323 g/mol. The maximum Gasteiger partial charge on any atom is 0.0636 e. The molecular weight excluding hydrogens is 302 g/mol. The summed E-state index contributed by atoms with van der Waals surface area (Å²) in [6, 6.07) is 8.35. The number of benzene rings is 1.